The van der Waals surface area contributed by atoms with E-state index in [1.165, 1.54) is 12.1 Å². The van der Waals surface area contributed by atoms with E-state index in [1.54, 1.807) is 6.07 Å². The summed E-state index contributed by atoms with van der Waals surface area (Å²) in [4.78, 5) is 0. The zero-order valence-corrected chi connectivity index (χ0v) is 11.1. The number of halogens is 1. The molecule has 0 radical (unpaired) electrons. The molecule has 0 aliphatic carbocycles. The topological polar surface area (TPSA) is 66.5 Å². The highest BCUT2D eigenvalue weighted by atomic mass is 35.5. The summed E-state index contributed by atoms with van der Waals surface area (Å²) in [7, 11) is 0. The first-order chi connectivity index (χ1) is 9.08. The minimum absolute atomic E-state index is 0.00533. The summed E-state index contributed by atoms with van der Waals surface area (Å²) < 4.78 is 0. The average Bonchev–Trinajstić information content (AvgIpc) is 2.42. The second-order valence-electron chi connectivity index (χ2n) is 4.51. The lowest BCUT2D eigenvalue weighted by Crippen LogP contribution is -2.30. The molecule has 4 N–H and O–H groups in total. The van der Waals surface area contributed by atoms with Crippen molar-refractivity contribution in [3.8, 4) is 5.75 Å². The van der Waals surface area contributed by atoms with E-state index in [2.05, 4.69) is 0 Å². The number of hydrogen-bond donors (Lipinski definition) is 3. The Hall–Kier alpha value is -1.55. The minimum atomic E-state index is -0.821. The van der Waals surface area contributed by atoms with Crippen LogP contribution in [0.5, 0.6) is 5.75 Å². The third-order valence-electron chi connectivity index (χ3n) is 3.03. The third kappa shape index (κ3) is 3.47. The van der Waals surface area contributed by atoms with Crippen LogP contribution in [0.25, 0.3) is 0 Å². The van der Waals surface area contributed by atoms with E-state index in [1.807, 2.05) is 30.3 Å². The molecule has 0 heterocycles. The van der Waals surface area contributed by atoms with E-state index in [4.69, 9.17) is 17.3 Å². The molecule has 0 saturated heterocycles. The van der Waals surface area contributed by atoms with Gasteiger partial charge in [0.25, 0.3) is 0 Å². The van der Waals surface area contributed by atoms with Crippen molar-refractivity contribution >= 4 is 11.6 Å². The minimum Gasteiger partial charge on any atom is -0.506 e. The van der Waals surface area contributed by atoms with Crippen molar-refractivity contribution in [2.45, 2.75) is 18.6 Å². The Morgan fingerprint density at radius 1 is 1.11 bits per heavy atom. The number of rotatable bonds is 4. The molecule has 2 atom stereocenters. The molecule has 0 saturated carbocycles. The summed E-state index contributed by atoms with van der Waals surface area (Å²) in [5.74, 6) is -0.00533. The molecule has 0 fully saturated rings. The van der Waals surface area contributed by atoms with Gasteiger partial charge in [0.2, 0.25) is 0 Å². The predicted octanol–water partition coefficient (Wildman–Crippen LogP) is 2.65. The highest BCUT2D eigenvalue weighted by Gasteiger charge is 2.18. The highest BCUT2D eigenvalue weighted by molar-refractivity contribution is 6.32. The van der Waals surface area contributed by atoms with Gasteiger partial charge in [-0.05, 0) is 29.7 Å². The van der Waals surface area contributed by atoms with Crippen LogP contribution in [0.3, 0.4) is 0 Å². The van der Waals surface area contributed by atoms with E-state index in [0.717, 1.165) is 5.56 Å². The van der Waals surface area contributed by atoms with Gasteiger partial charge in [-0.2, -0.15) is 0 Å². The normalized spacial score (nSPS) is 14.1. The number of aliphatic hydroxyl groups excluding tert-OH is 1. The number of benzene rings is 2. The monoisotopic (exact) mass is 277 g/mol. The molecule has 2 unspecified atom stereocenters. The first-order valence-corrected chi connectivity index (χ1v) is 6.41. The van der Waals surface area contributed by atoms with Crippen molar-refractivity contribution in [3.05, 3.63) is 64.7 Å². The maximum absolute atomic E-state index is 10.2. The first kappa shape index (κ1) is 13.9. The quantitative estimate of drug-likeness (QED) is 0.805. The van der Waals surface area contributed by atoms with Crippen molar-refractivity contribution in [1.29, 1.82) is 0 Å². The second kappa shape index (κ2) is 6.06. The Morgan fingerprint density at radius 2 is 1.79 bits per heavy atom. The number of nitrogens with two attached hydrogens (primary N) is 1. The molecule has 2 rings (SSSR count). The van der Waals surface area contributed by atoms with Gasteiger partial charge >= 0.3 is 0 Å². The Balaban J connectivity index is 2.10. The largest absolute Gasteiger partial charge is 0.506 e. The van der Waals surface area contributed by atoms with Crippen LogP contribution >= 0.6 is 11.6 Å². The molecule has 0 spiro atoms. The first-order valence-electron chi connectivity index (χ1n) is 6.04. The van der Waals surface area contributed by atoms with Crippen LogP contribution in [0, 0.1) is 0 Å². The zero-order chi connectivity index (χ0) is 13.8. The molecule has 3 nitrogen and oxygen atoms in total. The van der Waals surface area contributed by atoms with Gasteiger partial charge in [0.1, 0.15) is 5.75 Å². The molecule has 0 bridgehead atoms. The lowest BCUT2D eigenvalue weighted by atomic mass is 9.97. The molecular weight excluding hydrogens is 262 g/mol. The summed E-state index contributed by atoms with van der Waals surface area (Å²) in [6, 6.07) is 13.9. The molecule has 0 amide bonds. The fourth-order valence-electron chi connectivity index (χ4n) is 1.95. The number of aliphatic hydroxyl groups is 1. The number of phenols is 1. The lowest BCUT2D eigenvalue weighted by molar-refractivity contribution is 0.146. The third-order valence-corrected chi connectivity index (χ3v) is 3.34. The van der Waals surface area contributed by atoms with Crippen LogP contribution in [0.2, 0.25) is 5.02 Å². The lowest BCUT2D eigenvalue weighted by Gasteiger charge is -2.19. The van der Waals surface area contributed by atoms with Crippen molar-refractivity contribution in [2.75, 3.05) is 0 Å². The SMILES string of the molecule is NC(Cc1ccccc1)C(O)c1ccc(O)c(Cl)c1. The molecule has 100 valence electrons. The zero-order valence-electron chi connectivity index (χ0n) is 10.3. The van der Waals surface area contributed by atoms with Gasteiger partial charge in [0, 0.05) is 6.04 Å². The van der Waals surface area contributed by atoms with E-state index in [9.17, 15) is 10.2 Å². The fraction of sp³-hybridized carbons (Fsp3) is 0.200. The summed E-state index contributed by atoms with van der Waals surface area (Å²) >= 11 is 5.82. The Kier molecular flexibility index (Phi) is 4.43. The molecule has 0 aromatic heterocycles. The fourth-order valence-corrected chi connectivity index (χ4v) is 2.14. The van der Waals surface area contributed by atoms with E-state index < -0.39 is 12.1 Å². The van der Waals surface area contributed by atoms with Crippen LogP contribution < -0.4 is 5.73 Å². The molecule has 0 aliphatic rings. The van der Waals surface area contributed by atoms with Gasteiger partial charge in [0.15, 0.2) is 0 Å². The Labute approximate surface area is 117 Å². The van der Waals surface area contributed by atoms with E-state index in [-0.39, 0.29) is 10.8 Å². The summed E-state index contributed by atoms with van der Waals surface area (Å²) in [5.41, 5.74) is 7.69. The Bertz CT molecular complexity index is 545. The van der Waals surface area contributed by atoms with Crippen molar-refractivity contribution in [1.82, 2.24) is 0 Å². The average molecular weight is 278 g/mol. The summed E-state index contributed by atoms with van der Waals surface area (Å²) in [6.45, 7) is 0. The number of phenolic OH excluding ortho intramolecular Hbond substituents is 1. The predicted molar refractivity (Wildman–Crippen MR) is 76.2 cm³/mol. The van der Waals surface area contributed by atoms with E-state index in [0.29, 0.717) is 12.0 Å². The smallest absolute Gasteiger partial charge is 0.134 e. The molecule has 2 aromatic rings. The van der Waals surface area contributed by atoms with Crippen LogP contribution in [0.4, 0.5) is 0 Å². The maximum atomic E-state index is 10.2. The molecular formula is C15H16ClNO2. The van der Waals surface area contributed by atoms with Crippen LogP contribution in [-0.2, 0) is 6.42 Å². The summed E-state index contributed by atoms with van der Waals surface area (Å²) in [6.07, 6.45) is -0.251. The van der Waals surface area contributed by atoms with Crippen LogP contribution in [0.1, 0.15) is 17.2 Å². The molecule has 19 heavy (non-hydrogen) atoms. The van der Waals surface area contributed by atoms with Gasteiger partial charge in [-0.15, -0.1) is 0 Å². The molecule has 4 heteroatoms. The molecule has 2 aromatic carbocycles. The van der Waals surface area contributed by atoms with Gasteiger partial charge in [0.05, 0.1) is 11.1 Å². The van der Waals surface area contributed by atoms with Crippen LogP contribution in [0.15, 0.2) is 48.5 Å². The Morgan fingerprint density at radius 3 is 2.42 bits per heavy atom. The number of hydrogen-bond acceptors (Lipinski definition) is 3. The number of aromatic hydroxyl groups is 1. The van der Waals surface area contributed by atoms with Gasteiger partial charge in [-0.25, -0.2) is 0 Å². The second-order valence-corrected chi connectivity index (χ2v) is 4.92. The molecule has 0 aliphatic heterocycles. The van der Waals surface area contributed by atoms with Gasteiger partial charge < -0.3 is 15.9 Å². The highest BCUT2D eigenvalue weighted by Crippen LogP contribution is 2.28. The van der Waals surface area contributed by atoms with Crippen molar-refractivity contribution in [2.24, 2.45) is 5.73 Å². The van der Waals surface area contributed by atoms with Crippen LogP contribution in [-0.4, -0.2) is 16.3 Å². The summed E-state index contributed by atoms with van der Waals surface area (Å²) in [5, 5.41) is 19.8. The maximum Gasteiger partial charge on any atom is 0.134 e. The van der Waals surface area contributed by atoms with E-state index >= 15 is 0 Å². The van der Waals surface area contributed by atoms with Crippen molar-refractivity contribution < 1.29 is 10.2 Å². The van der Waals surface area contributed by atoms with Gasteiger partial charge in [-0.3, -0.25) is 0 Å². The van der Waals surface area contributed by atoms with Gasteiger partial charge in [-0.1, -0.05) is 48.0 Å². The standard InChI is InChI=1S/C15H16ClNO2/c16-12-9-11(6-7-14(12)18)15(19)13(17)8-10-4-2-1-3-5-10/h1-7,9,13,15,18-19H,8,17H2. The van der Waals surface area contributed by atoms with Crippen molar-refractivity contribution in [3.63, 3.8) is 0 Å².